The minimum Gasteiger partial charge on any atom is -0.325 e. The van der Waals surface area contributed by atoms with Gasteiger partial charge in [-0.1, -0.05) is 96.7 Å². The normalized spacial score (nSPS) is 11.8. The van der Waals surface area contributed by atoms with Crippen LogP contribution in [0, 0.1) is 19.7 Å². The Morgan fingerprint density at radius 1 is 0.897 bits per heavy atom. The highest BCUT2D eigenvalue weighted by Gasteiger charge is 2.27. The summed E-state index contributed by atoms with van der Waals surface area (Å²) in [6, 6.07) is 32.3. The average molecular weight is 537 g/mol. The number of aromatic nitrogens is 3. The van der Waals surface area contributed by atoms with Crippen molar-refractivity contribution in [3.63, 3.8) is 0 Å². The lowest BCUT2D eigenvalue weighted by molar-refractivity contribution is -0.115. The first kappa shape index (κ1) is 26.4. The molecule has 1 heterocycles. The highest BCUT2D eigenvalue weighted by molar-refractivity contribution is 8.00. The van der Waals surface area contributed by atoms with Gasteiger partial charge in [0.2, 0.25) is 5.91 Å². The number of benzene rings is 4. The Bertz CT molecular complexity index is 1570. The van der Waals surface area contributed by atoms with Crippen molar-refractivity contribution in [2.75, 3.05) is 5.32 Å². The van der Waals surface area contributed by atoms with Crippen LogP contribution in [0.3, 0.4) is 0 Å². The van der Waals surface area contributed by atoms with Gasteiger partial charge in [-0.3, -0.25) is 4.79 Å². The van der Waals surface area contributed by atoms with Gasteiger partial charge in [-0.2, -0.15) is 0 Å². The molecule has 1 atom stereocenters. The van der Waals surface area contributed by atoms with E-state index < -0.39 is 5.25 Å². The zero-order valence-corrected chi connectivity index (χ0v) is 22.7. The maximum Gasteiger partial charge on any atom is 0.242 e. The van der Waals surface area contributed by atoms with Crippen LogP contribution >= 0.6 is 11.8 Å². The number of rotatable bonds is 9. The quantitative estimate of drug-likeness (QED) is 0.199. The standard InChI is InChI=1S/C32H29FN4OS/c1-22-17-18-23(2)28(21-22)34-31(38)29(25-13-7-4-8-14-25)39-32-36-35-30(26-15-9-10-16-27(26)33)37(32)20-19-24-11-5-3-6-12-24/h3-18,21,29H,19-20H2,1-2H3,(H,34,38)/t29-/m1/s1. The number of nitrogens with zero attached hydrogens (tertiary/aromatic N) is 3. The highest BCUT2D eigenvalue weighted by atomic mass is 32.2. The summed E-state index contributed by atoms with van der Waals surface area (Å²) in [5.41, 5.74) is 5.19. The minimum absolute atomic E-state index is 0.162. The summed E-state index contributed by atoms with van der Waals surface area (Å²) in [4.78, 5) is 13.8. The number of hydrogen-bond donors (Lipinski definition) is 1. The number of thioether (sulfide) groups is 1. The van der Waals surface area contributed by atoms with Gasteiger partial charge in [0.15, 0.2) is 11.0 Å². The number of nitrogens with one attached hydrogen (secondary N) is 1. The van der Waals surface area contributed by atoms with Crippen LogP contribution in [0.4, 0.5) is 10.1 Å². The molecule has 0 aliphatic heterocycles. The van der Waals surface area contributed by atoms with Gasteiger partial charge in [-0.25, -0.2) is 4.39 Å². The second-order valence-corrected chi connectivity index (χ2v) is 10.5. The van der Waals surface area contributed by atoms with Crippen molar-refractivity contribution in [3.05, 3.63) is 131 Å². The monoisotopic (exact) mass is 536 g/mol. The molecular formula is C32H29FN4OS. The van der Waals surface area contributed by atoms with Gasteiger partial charge in [-0.05, 0) is 60.7 Å². The van der Waals surface area contributed by atoms with Crippen molar-refractivity contribution < 1.29 is 9.18 Å². The second-order valence-electron chi connectivity index (χ2n) is 9.39. The first-order valence-electron chi connectivity index (χ1n) is 12.8. The fourth-order valence-corrected chi connectivity index (χ4v) is 5.44. The van der Waals surface area contributed by atoms with E-state index in [1.807, 2.05) is 85.1 Å². The van der Waals surface area contributed by atoms with Gasteiger partial charge >= 0.3 is 0 Å². The zero-order chi connectivity index (χ0) is 27.2. The largest absolute Gasteiger partial charge is 0.325 e. The molecule has 0 unspecified atom stereocenters. The number of carbonyl (C=O) groups excluding carboxylic acids is 1. The summed E-state index contributed by atoms with van der Waals surface area (Å²) in [5.74, 6) is -0.0899. The van der Waals surface area contributed by atoms with E-state index in [2.05, 4.69) is 27.6 Å². The third kappa shape index (κ3) is 6.26. The summed E-state index contributed by atoms with van der Waals surface area (Å²) >= 11 is 1.32. The molecule has 0 saturated heterocycles. The number of anilines is 1. The Kier molecular flexibility index (Phi) is 8.18. The molecule has 1 aromatic heterocycles. The maximum atomic E-state index is 14.8. The molecule has 7 heteroatoms. The Morgan fingerprint density at radius 3 is 2.33 bits per heavy atom. The van der Waals surface area contributed by atoms with Crippen molar-refractivity contribution >= 4 is 23.4 Å². The predicted octanol–water partition coefficient (Wildman–Crippen LogP) is 7.42. The molecule has 5 aromatic rings. The SMILES string of the molecule is Cc1ccc(C)c(NC(=O)[C@H](Sc2nnc(-c3ccccc3F)n2CCc2ccccc2)c2ccccc2)c1. The first-order chi connectivity index (χ1) is 19.0. The molecule has 1 amide bonds. The van der Waals surface area contributed by atoms with Crippen molar-refractivity contribution in [1.82, 2.24) is 14.8 Å². The number of hydrogen-bond acceptors (Lipinski definition) is 4. The van der Waals surface area contributed by atoms with E-state index in [4.69, 9.17) is 0 Å². The molecular weight excluding hydrogens is 507 g/mol. The first-order valence-corrected chi connectivity index (χ1v) is 13.7. The molecule has 0 saturated carbocycles. The van der Waals surface area contributed by atoms with E-state index >= 15 is 0 Å². The van der Waals surface area contributed by atoms with Crippen LogP contribution < -0.4 is 5.32 Å². The molecule has 1 N–H and O–H groups in total. The highest BCUT2D eigenvalue weighted by Crippen LogP contribution is 2.37. The molecule has 0 spiro atoms. The molecule has 39 heavy (non-hydrogen) atoms. The third-order valence-electron chi connectivity index (χ3n) is 6.51. The molecule has 4 aromatic carbocycles. The van der Waals surface area contributed by atoms with Crippen molar-refractivity contribution in [3.8, 4) is 11.4 Å². The van der Waals surface area contributed by atoms with E-state index in [-0.39, 0.29) is 11.7 Å². The molecule has 0 radical (unpaired) electrons. The Labute approximate surface area is 232 Å². The molecule has 0 aliphatic rings. The smallest absolute Gasteiger partial charge is 0.242 e. The van der Waals surface area contributed by atoms with Crippen LogP contribution in [-0.2, 0) is 17.8 Å². The Balaban J connectivity index is 1.51. The van der Waals surface area contributed by atoms with E-state index in [1.54, 1.807) is 18.2 Å². The van der Waals surface area contributed by atoms with Crippen LogP contribution in [0.25, 0.3) is 11.4 Å². The second kappa shape index (κ2) is 12.1. The zero-order valence-electron chi connectivity index (χ0n) is 21.8. The molecule has 0 fully saturated rings. The summed E-state index contributed by atoms with van der Waals surface area (Å²) in [5, 5.41) is 11.9. The van der Waals surface area contributed by atoms with Crippen LogP contribution in [0.15, 0.2) is 108 Å². The number of carbonyl (C=O) groups is 1. The summed E-state index contributed by atoms with van der Waals surface area (Å²) in [6.07, 6.45) is 0.707. The third-order valence-corrected chi connectivity index (χ3v) is 7.75. The summed E-state index contributed by atoms with van der Waals surface area (Å²) in [7, 11) is 0. The Morgan fingerprint density at radius 2 is 1.59 bits per heavy atom. The van der Waals surface area contributed by atoms with E-state index in [0.29, 0.717) is 29.5 Å². The van der Waals surface area contributed by atoms with E-state index in [1.165, 1.54) is 17.8 Å². The predicted molar refractivity (Wildman–Crippen MR) is 155 cm³/mol. The van der Waals surface area contributed by atoms with Crippen molar-refractivity contribution in [2.24, 2.45) is 0 Å². The number of aryl methyl sites for hydroxylation is 3. The van der Waals surface area contributed by atoms with Gasteiger partial charge < -0.3 is 9.88 Å². The van der Waals surface area contributed by atoms with Crippen molar-refractivity contribution in [2.45, 2.75) is 37.2 Å². The van der Waals surface area contributed by atoms with Gasteiger partial charge in [0.05, 0.1) is 5.56 Å². The summed E-state index contributed by atoms with van der Waals surface area (Å²) in [6.45, 7) is 4.50. The lowest BCUT2D eigenvalue weighted by Gasteiger charge is -2.19. The number of halogens is 1. The van der Waals surface area contributed by atoms with E-state index in [9.17, 15) is 9.18 Å². The van der Waals surface area contributed by atoms with Gasteiger partial charge in [0.1, 0.15) is 11.1 Å². The minimum atomic E-state index is -0.598. The Hall–Kier alpha value is -4.23. The average Bonchev–Trinajstić information content (AvgIpc) is 3.35. The topological polar surface area (TPSA) is 59.8 Å². The van der Waals surface area contributed by atoms with Gasteiger partial charge in [0.25, 0.3) is 0 Å². The van der Waals surface area contributed by atoms with E-state index in [0.717, 1.165) is 27.9 Å². The fourth-order valence-electron chi connectivity index (χ4n) is 4.38. The maximum absolute atomic E-state index is 14.8. The van der Waals surface area contributed by atoms with Crippen LogP contribution in [0.1, 0.15) is 27.5 Å². The lowest BCUT2D eigenvalue weighted by atomic mass is 10.1. The lowest BCUT2D eigenvalue weighted by Crippen LogP contribution is -2.20. The molecule has 5 rings (SSSR count). The van der Waals surface area contributed by atoms with Crippen LogP contribution in [0.2, 0.25) is 0 Å². The fraction of sp³-hybridized carbons (Fsp3) is 0.156. The number of amides is 1. The van der Waals surface area contributed by atoms with Crippen molar-refractivity contribution in [1.29, 1.82) is 0 Å². The summed E-state index contributed by atoms with van der Waals surface area (Å²) < 4.78 is 16.8. The molecule has 0 bridgehead atoms. The van der Waals surface area contributed by atoms with Gasteiger partial charge in [-0.15, -0.1) is 10.2 Å². The van der Waals surface area contributed by atoms with Crippen LogP contribution in [0.5, 0.6) is 0 Å². The van der Waals surface area contributed by atoms with Crippen LogP contribution in [-0.4, -0.2) is 20.7 Å². The molecule has 5 nitrogen and oxygen atoms in total. The van der Waals surface area contributed by atoms with Gasteiger partial charge in [0, 0.05) is 12.2 Å². The molecule has 196 valence electrons. The molecule has 0 aliphatic carbocycles.